The average molecular weight is 190 g/mol. The number of nitrogens with zero attached hydrogens (tertiary/aromatic N) is 1. The molecule has 0 spiro atoms. The van der Waals surface area contributed by atoms with Crippen molar-refractivity contribution in [2.75, 3.05) is 0 Å². The van der Waals surface area contributed by atoms with Gasteiger partial charge in [0.1, 0.15) is 0 Å². The van der Waals surface area contributed by atoms with E-state index in [1.54, 1.807) is 13.0 Å². The lowest BCUT2D eigenvalue weighted by atomic mass is 10.3. The van der Waals surface area contributed by atoms with Crippen molar-refractivity contribution < 1.29 is 4.79 Å². The zero-order valence-electron chi connectivity index (χ0n) is 5.77. The summed E-state index contributed by atoms with van der Waals surface area (Å²) in [5.74, 6) is 0. The topological polar surface area (TPSA) is 30.0 Å². The molecule has 0 fully saturated rings. The van der Waals surface area contributed by atoms with Gasteiger partial charge in [0.25, 0.3) is 5.24 Å². The third-order valence-corrected chi connectivity index (χ3v) is 1.72. The molecule has 1 aromatic rings. The first-order chi connectivity index (χ1) is 5.11. The second-order valence-corrected chi connectivity index (χ2v) is 2.83. The summed E-state index contributed by atoms with van der Waals surface area (Å²) < 4.78 is 0. The summed E-state index contributed by atoms with van der Waals surface area (Å²) >= 11 is 10.9. The van der Waals surface area contributed by atoms with Crippen LogP contribution in [0.5, 0.6) is 0 Å². The zero-order valence-corrected chi connectivity index (χ0v) is 7.28. The fraction of sp³-hybridized carbons (Fsp3) is 0.143. The van der Waals surface area contributed by atoms with Crippen molar-refractivity contribution in [1.82, 2.24) is 4.98 Å². The Morgan fingerprint density at radius 1 is 1.64 bits per heavy atom. The number of aryl methyl sites for hydroxylation is 1. The van der Waals surface area contributed by atoms with Gasteiger partial charge in [-0.25, -0.2) is 0 Å². The first kappa shape index (κ1) is 8.50. The first-order valence-corrected chi connectivity index (χ1v) is 3.69. The first-order valence-electron chi connectivity index (χ1n) is 2.93. The van der Waals surface area contributed by atoms with E-state index in [1.807, 2.05) is 0 Å². The molecule has 0 bridgehead atoms. The van der Waals surface area contributed by atoms with E-state index in [4.69, 9.17) is 23.2 Å². The molecule has 0 aliphatic carbocycles. The monoisotopic (exact) mass is 189 g/mol. The summed E-state index contributed by atoms with van der Waals surface area (Å²) in [6.07, 6.45) is 1.37. The van der Waals surface area contributed by atoms with Crippen LogP contribution in [0.3, 0.4) is 0 Å². The van der Waals surface area contributed by atoms with Crippen LogP contribution in [0.15, 0.2) is 12.3 Å². The van der Waals surface area contributed by atoms with Crippen molar-refractivity contribution >= 4 is 28.4 Å². The minimum atomic E-state index is -0.581. The van der Waals surface area contributed by atoms with E-state index < -0.39 is 5.24 Å². The van der Waals surface area contributed by atoms with Gasteiger partial charge in [-0.2, -0.15) is 0 Å². The van der Waals surface area contributed by atoms with Gasteiger partial charge in [0, 0.05) is 11.9 Å². The van der Waals surface area contributed by atoms with Crippen molar-refractivity contribution in [2.24, 2.45) is 0 Å². The number of halogens is 2. The second-order valence-electron chi connectivity index (χ2n) is 2.08. The quantitative estimate of drug-likeness (QED) is 0.636. The van der Waals surface area contributed by atoms with Gasteiger partial charge < -0.3 is 0 Å². The average Bonchev–Trinajstić information content (AvgIpc) is 1.85. The Morgan fingerprint density at radius 3 is 2.73 bits per heavy atom. The van der Waals surface area contributed by atoms with Gasteiger partial charge in [-0.05, 0) is 24.6 Å². The summed E-state index contributed by atoms with van der Waals surface area (Å²) in [5, 5.41) is -0.236. The highest BCUT2D eigenvalue weighted by Crippen LogP contribution is 2.17. The molecule has 0 saturated heterocycles. The maximum absolute atomic E-state index is 10.6. The molecule has 1 rings (SSSR count). The van der Waals surface area contributed by atoms with E-state index in [1.165, 1.54) is 6.20 Å². The van der Waals surface area contributed by atoms with Crippen LogP contribution in [0.1, 0.15) is 16.1 Å². The minimum absolute atomic E-state index is 0.249. The van der Waals surface area contributed by atoms with Crippen molar-refractivity contribution in [2.45, 2.75) is 6.92 Å². The van der Waals surface area contributed by atoms with Crippen LogP contribution in [0.2, 0.25) is 5.02 Å². The Labute approximate surface area is 74.1 Å². The Kier molecular flexibility index (Phi) is 2.47. The number of rotatable bonds is 1. The summed E-state index contributed by atoms with van der Waals surface area (Å²) in [6.45, 7) is 1.79. The van der Waals surface area contributed by atoms with Crippen molar-refractivity contribution in [3.05, 3.63) is 28.5 Å². The number of pyridine rings is 1. The highest BCUT2D eigenvalue weighted by atomic mass is 35.5. The van der Waals surface area contributed by atoms with Crippen LogP contribution in [0.4, 0.5) is 0 Å². The Balaban J connectivity index is 3.20. The Hall–Kier alpha value is -0.600. The van der Waals surface area contributed by atoms with E-state index in [0.29, 0.717) is 5.02 Å². The second kappa shape index (κ2) is 3.20. The Bertz CT molecular complexity index is 298. The third-order valence-electron chi connectivity index (χ3n) is 1.20. The van der Waals surface area contributed by atoms with Crippen LogP contribution in [0, 0.1) is 6.92 Å². The maximum Gasteiger partial charge on any atom is 0.255 e. The number of hydrogen-bond donors (Lipinski definition) is 0. The molecule has 0 aliphatic heterocycles. The maximum atomic E-state index is 10.6. The molecule has 4 heteroatoms. The van der Waals surface area contributed by atoms with Crippen LogP contribution in [0.25, 0.3) is 0 Å². The third kappa shape index (κ3) is 1.91. The molecule has 2 nitrogen and oxygen atoms in total. The molecule has 0 N–H and O–H groups in total. The molecule has 0 radical (unpaired) electrons. The fourth-order valence-electron chi connectivity index (χ4n) is 0.671. The summed E-state index contributed by atoms with van der Waals surface area (Å²) in [4.78, 5) is 14.5. The van der Waals surface area contributed by atoms with Crippen molar-refractivity contribution in [3.63, 3.8) is 0 Å². The van der Waals surface area contributed by atoms with Gasteiger partial charge in [-0.3, -0.25) is 9.78 Å². The predicted molar refractivity (Wildman–Crippen MR) is 44.2 cm³/mol. The predicted octanol–water partition coefficient (Wildman–Crippen LogP) is 2.42. The van der Waals surface area contributed by atoms with E-state index >= 15 is 0 Å². The molecular formula is C7H5Cl2NO. The van der Waals surface area contributed by atoms with Crippen LogP contribution >= 0.6 is 23.2 Å². The minimum Gasteiger partial charge on any atom is -0.275 e. The number of carbonyl (C=O) groups is 1. The molecule has 0 aliphatic rings. The SMILES string of the molecule is Cc1cc(Cl)c(C(=O)Cl)cn1. The molecule has 58 valence electrons. The van der Waals surface area contributed by atoms with E-state index in [0.717, 1.165) is 5.69 Å². The van der Waals surface area contributed by atoms with Crippen molar-refractivity contribution in [1.29, 1.82) is 0 Å². The molecule has 0 saturated carbocycles. The molecule has 0 aromatic carbocycles. The molecule has 0 atom stereocenters. The summed E-state index contributed by atoms with van der Waals surface area (Å²) in [5.41, 5.74) is 1.01. The number of aromatic nitrogens is 1. The lowest BCUT2D eigenvalue weighted by Crippen LogP contribution is -1.92. The van der Waals surface area contributed by atoms with Crippen LogP contribution in [-0.2, 0) is 0 Å². The lowest BCUT2D eigenvalue weighted by Gasteiger charge is -1.97. The molecule has 0 unspecified atom stereocenters. The molecular weight excluding hydrogens is 185 g/mol. The standard InChI is InChI=1S/C7H5Cl2NO/c1-4-2-6(8)5(3-10-4)7(9)11/h2-3H,1H3. The van der Waals surface area contributed by atoms with Crippen LogP contribution < -0.4 is 0 Å². The normalized spacial score (nSPS) is 9.73. The molecule has 1 heterocycles. The summed E-state index contributed by atoms with van der Waals surface area (Å²) in [7, 11) is 0. The van der Waals surface area contributed by atoms with Gasteiger partial charge in [0.2, 0.25) is 0 Å². The molecule has 0 amide bonds. The smallest absolute Gasteiger partial charge is 0.255 e. The highest BCUT2D eigenvalue weighted by Gasteiger charge is 2.06. The molecule has 1 aromatic heterocycles. The van der Waals surface area contributed by atoms with E-state index in [9.17, 15) is 4.79 Å². The van der Waals surface area contributed by atoms with E-state index in [-0.39, 0.29) is 5.56 Å². The molecule has 11 heavy (non-hydrogen) atoms. The highest BCUT2D eigenvalue weighted by molar-refractivity contribution is 6.68. The number of carbonyl (C=O) groups excluding carboxylic acids is 1. The Morgan fingerprint density at radius 2 is 2.27 bits per heavy atom. The van der Waals surface area contributed by atoms with Gasteiger partial charge in [0.05, 0.1) is 10.6 Å². The summed E-state index contributed by atoms with van der Waals surface area (Å²) in [6, 6.07) is 1.59. The van der Waals surface area contributed by atoms with Crippen LogP contribution in [-0.4, -0.2) is 10.2 Å². The lowest BCUT2D eigenvalue weighted by molar-refractivity contribution is 0.108. The van der Waals surface area contributed by atoms with Crippen molar-refractivity contribution in [3.8, 4) is 0 Å². The van der Waals surface area contributed by atoms with Gasteiger partial charge in [-0.15, -0.1) is 0 Å². The fourth-order valence-corrected chi connectivity index (χ4v) is 1.16. The largest absolute Gasteiger partial charge is 0.275 e. The van der Waals surface area contributed by atoms with Gasteiger partial charge >= 0.3 is 0 Å². The zero-order chi connectivity index (χ0) is 8.43. The van der Waals surface area contributed by atoms with Gasteiger partial charge in [-0.1, -0.05) is 11.6 Å². The van der Waals surface area contributed by atoms with E-state index in [2.05, 4.69) is 4.98 Å². The number of hydrogen-bond acceptors (Lipinski definition) is 2. The van der Waals surface area contributed by atoms with Gasteiger partial charge in [0.15, 0.2) is 0 Å².